The lowest BCUT2D eigenvalue weighted by atomic mass is 10.00. The van der Waals surface area contributed by atoms with Gasteiger partial charge in [-0.1, -0.05) is 36.4 Å². The molecule has 32 heavy (non-hydrogen) atoms. The highest BCUT2D eigenvalue weighted by Gasteiger charge is 2.26. The molecule has 2 fully saturated rings. The number of benzene rings is 2. The Bertz CT molecular complexity index is 877. The van der Waals surface area contributed by atoms with Crippen molar-refractivity contribution in [2.45, 2.75) is 38.5 Å². The van der Waals surface area contributed by atoms with Crippen LogP contribution in [0.5, 0.6) is 5.75 Å². The monoisotopic (exact) mass is 435 g/mol. The van der Waals surface area contributed by atoms with Gasteiger partial charge >= 0.3 is 0 Å². The van der Waals surface area contributed by atoms with Gasteiger partial charge in [-0.15, -0.1) is 0 Å². The third-order valence-corrected chi connectivity index (χ3v) is 7.10. The smallest absolute Gasteiger partial charge is 0.119 e. The maximum atomic E-state index is 10.6. The highest BCUT2D eigenvalue weighted by atomic mass is 16.5. The summed E-state index contributed by atoms with van der Waals surface area (Å²) in [6, 6.07) is 17.0. The van der Waals surface area contributed by atoms with Gasteiger partial charge in [0.05, 0.1) is 0 Å². The first-order chi connectivity index (χ1) is 15.7. The number of aliphatic hydroxyl groups is 1. The van der Waals surface area contributed by atoms with Gasteiger partial charge < -0.3 is 14.7 Å². The van der Waals surface area contributed by atoms with E-state index in [1.165, 1.54) is 49.2 Å². The molecule has 0 amide bonds. The van der Waals surface area contributed by atoms with Gasteiger partial charge in [0.1, 0.15) is 18.5 Å². The van der Waals surface area contributed by atoms with Crippen LogP contribution in [0.15, 0.2) is 48.5 Å². The van der Waals surface area contributed by atoms with Crippen LogP contribution in [0, 0.1) is 5.92 Å². The minimum absolute atomic E-state index is 0.335. The molecule has 0 radical (unpaired) electrons. The molecule has 172 valence electrons. The quantitative estimate of drug-likeness (QED) is 0.656. The van der Waals surface area contributed by atoms with Crippen molar-refractivity contribution in [1.29, 1.82) is 0 Å². The first-order valence-corrected chi connectivity index (χ1v) is 12.3. The third kappa shape index (κ3) is 6.10. The molecule has 2 heterocycles. The van der Waals surface area contributed by atoms with E-state index in [9.17, 15) is 5.11 Å². The summed E-state index contributed by atoms with van der Waals surface area (Å²) in [5.41, 5.74) is 4.11. The number of nitrogens with zero attached hydrogens (tertiary/aromatic N) is 3. The summed E-state index contributed by atoms with van der Waals surface area (Å²) in [5, 5.41) is 10.6. The summed E-state index contributed by atoms with van der Waals surface area (Å²) in [7, 11) is 0. The molecular weight excluding hydrogens is 398 g/mol. The van der Waals surface area contributed by atoms with E-state index >= 15 is 0 Å². The molecule has 1 saturated heterocycles. The molecule has 0 spiro atoms. The minimum atomic E-state index is -0.483. The van der Waals surface area contributed by atoms with E-state index in [4.69, 9.17) is 4.74 Å². The minimum Gasteiger partial charge on any atom is -0.491 e. The van der Waals surface area contributed by atoms with Crippen LogP contribution in [0.2, 0.25) is 0 Å². The van der Waals surface area contributed by atoms with Gasteiger partial charge in [-0.25, -0.2) is 0 Å². The van der Waals surface area contributed by atoms with Gasteiger partial charge in [0.15, 0.2) is 0 Å². The van der Waals surface area contributed by atoms with Crippen molar-refractivity contribution in [3.8, 4) is 5.75 Å². The van der Waals surface area contributed by atoms with Crippen molar-refractivity contribution in [3.05, 3.63) is 65.2 Å². The normalized spacial score (nSPS) is 21.3. The molecule has 0 aromatic heterocycles. The molecule has 0 bridgehead atoms. The van der Waals surface area contributed by atoms with Crippen molar-refractivity contribution in [2.75, 3.05) is 52.4 Å². The fraction of sp³-hybridized carbons (Fsp3) is 0.556. The Kier molecular flexibility index (Phi) is 7.08. The Morgan fingerprint density at radius 1 is 0.875 bits per heavy atom. The first-order valence-electron chi connectivity index (χ1n) is 12.3. The lowest BCUT2D eigenvalue weighted by molar-refractivity contribution is 0.0637. The molecule has 5 rings (SSSR count). The van der Waals surface area contributed by atoms with Crippen molar-refractivity contribution in [3.63, 3.8) is 0 Å². The molecule has 2 aromatic rings. The number of rotatable bonds is 9. The Morgan fingerprint density at radius 2 is 1.66 bits per heavy atom. The molecule has 5 nitrogen and oxygen atoms in total. The summed E-state index contributed by atoms with van der Waals surface area (Å²) in [4.78, 5) is 7.51. The van der Waals surface area contributed by atoms with Crippen LogP contribution in [-0.2, 0) is 19.5 Å². The molecule has 2 aliphatic heterocycles. The second-order valence-corrected chi connectivity index (χ2v) is 9.89. The Hall–Kier alpha value is -1.92. The predicted molar refractivity (Wildman–Crippen MR) is 128 cm³/mol. The number of fused-ring (bicyclic) bond motifs is 1. The van der Waals surface area contributed by atoms with Gasteiger partial charge in [-0.05, 0) is 54.0 Å². The van der Waals surface area contributed by atoms with Crippen molar-refractivity contribution >= 4 is 0 Å². The average molecular weight is 436 g/mol. The summed E-state index contributed by atoms with van der Waals surface area (Å²) in [6.07, 6.45) is 3.45. The first kappa shape index (κ1) is 21.9. The van der Waals surface area contributed by atoms with E-state index in [0.29, 0.717) is 13.2 Å². The number of aliphatic hydroxyl groups excluding tert-OH is 1. The van der Waals surface area contributed by atoms with Gasteiger partial charge in [0.25, 0.3) is 0 Å². The highest BCUT2D eigenvalue weighted by molar-refractivity contribution is 5.29. The summed E-state index contributed by atoms with van der Waals surface area (Å²) in [5.74, 6) is 1.84. The number of hydrogen-bond acceptors (Lipinski definition) is 5. The van der Waals surface area contributed by atoms with Crippen molar-refractivity contribution in [1.82, 2.24) is 14.7 Å². The van der Waals surface area contributed by atoms with Crippen molar-refractivity contribution in [2.24, 2.45) is 5.92 Å². The van der Waals surface area contributed by atoms with Gasteiger partial charge in [0.2, 0.25) is 0 Å². The summed E-state index contributed by atoms with van der Waals surface area (Å²) >= 11 is 0. The Labute approximate surface area is 192 Å². The zero-order chi connectivity index (χ0) is 21.8. The second-order valence-electron chi connectivity index (χ2n) is 9.89. The number of hydrogen-bond donors (Lipinski definition) is 1. The van der Waals surface area contributed by atoms with Gasteiger partial charge in [0, 0.05) is 58.9 Å². The maximum absolute atomic E-state index is 10.6. The third-order valence-electron chi connectivity index (χ3n) is 7.10. The lowest BCUT2D eigenvalue weighted by Crippen LogP contribution is -2.46. The standard InChI is InChI=1S/C27H37N3O2/c31-26(20-30-11-10-24-5-1-2-6-25(24)19-30)21-32-27-7-3-4-23(16-27)18-29-14-12-28(13-15-29)17-22-8-9-22/h1-7,16,22,26,31H,8-15,17-21H2. The topological polar surface area (TPSA) is 39.2 Å². The van der Waals surface area contributed by atoms with E-state index in [-0.39, 0.29) is 0 Å². The molecule has 1 aliphatic carbocycles. The predicted octanol–water partition coefficient (Wildman–Crippen LogP) is 3.01. The maximum Gasteiger partial charge on any atom is 0.119 e. The molecule has 1 atom stereocenters. The molecule has 1 unspecified atom stereocenters. The van der Waals surface area contributed by atoms with E-state index in [2.05, 4.69) is 57.2 Å². The van der Waals surface area contributed by atoms with Crippen LogP contribution >= 0.6 is 0 Å². The molecule has 2 aromatic carbocycles. The molecule has 1 N–H and O–H groups in total. The number of ether oxygens (including phenoxy) is 1. The van der Waals surface area contributed by atoms with Crippen molar-refractivity contribution < 1.29 is 9.84 Å². The van der Waals surface area contributed by atoms with Crippen LogP contribution < -0.4 is 4.74 Å². The van der Waals surface area contributed by atoms with Gasteiger partial charge in [-0.3, -0.25) is 9.80 Å². The van der Waals surface area contributed by atoms with E-state index < -0.39 is 6.10 Å². The average Bonchev–Trinajstić information content (AvgIpc) is 3.63. The summed E-state index contributed by atoms with van der Waals surface area (Å²) in [6.45, 7) is 9.87. The fourth-order valence-electron chi connectivity index (χ4n) is 5.04. The Balaban J connectivity index is 1.05. The molecule has 1 saturated carbocycles. The van der Waals surface area contributed by atoms with Crippen LogP contribution in [0.3, 0.4) is 0 Å². The van der Waals surface area contributed by atoms with Gasteiger partial charge in [-0.2, -0.15) is 0 Å². The number of β-amino-alcohol motifs (C(OH)–C–C–N with tert-alkyl or cyclic N) is 1. The SMILES string of the molecule is OC(COc1cccc(CN2CCN(CC3CC3)CC2)c1)CN1CCc2ccccc2C1. The van der Waals surface area contributed by atoms with Crippen LogP contribution in [0.1, 0.15) is 29.5 Å². The zero-order valence-electron chi connectivity index (χ0n) is 19.2. The lowest BCUT2D eigenvalue weighted by Gasteiger charge is -2.34. The molecule has 5 heteroatoms. The molecule has 3 aliphatic rings. The van der Waals surface area contributed by atoms with E-state index in [1.54, 1.807) is 0 Å². The molecular formula is C27H37N3O2. The highest BCUT2D eigenvalue weighted by Crippen LogP contribution is 2.30. The van der Waals surface area contributed by atoms with Crippen LogP contribution in [0.4, 0.5) is 0 Å². The van der Waals surface area contributed by atoms with Crippen LogP contribution in [-0.4, -0.2) is 78.3 Å². The second kappa shape index (κ2) is 10.3. The fourth-order valence-corrected chi connectivity index (χ4v) is 5.04. The van der Waals surface area contributed by atoms with E-state index in [1.807, 2.05) is 6.07 Å². The summed E-state index contributed by atoms with van der Waals surface area (Å²) < 4.78 is 5.97. The van der Waals surface area contributed by atoms with Crippen LogP contribution in [0.25, 0.3) is 0 Å². The number of piperazine rings is 1. The van der Waals surface area contributed by atoms with E-state index in [0.717, 1.165) is 50.8 Å². The Morgan fingerprint density at radius 3 is 2.47 bits per heavy atom. The largest absolute Gasteiger partial charge is 0.491 e. The zero-order valence-corrected chi connectivity index (χ0v) is 19.2.